The van der Waals surface area contributed by atoms with E-state index >= 15 is 0 Å². The number of allylic oxidation sites excluding steroid dienone is 2. The zero-order chi connectivity index (χ0) is 17.7. The van der Waals surface area contributed by atoms with Crippen molar-refractivity contribution in [3.63, 3.8) is 0 Å². The molecule has 0 amide bonds. The Morgan fingerprint density at radius 3 is 2.54 bits per heavy atom. The van der Waals surface area contributed by atoms with E-state index in [0.29, 0.717) is 11.1 Å². The number of halogens is 5. The summed E-state index contributed by atoms with van der Waals surface area (Å²) in [5, 5.41) is 13.9. The molecule has 8 heteroatoms. The molecule has 2 nitrogen and oxygen atoms in total. The van der Waals surface area contributed by atoms with Crippen molar-refractivity contribution < 1.29 is 22.7 Å². The molecule has 0 bridgehead atoms. The molecular weight excluding hydrogens is 366 g/mol. The number of fused-ring (bicyclic) bond motifs is 1. The molecule has 2 aromatic rings. The van der Waals surface area contributed by atoms with Crippen LogP contribution in [0.15, 0.2) is 40.9 Å². The van der Waals surface area contributed by atoms with Crippen LogP contribution in [0.25, 0.3) is 10.9 Å². The molecule has 1 aromatic carbocycles. The lowest BCUT2D eigenvalue weighted by Crippen LogP contribution is -2.25. The van der Waals surface area contributed by atoms with Crippen LogP contribution in [0.3, 0.4) is 0 Å². The zero-order valence-electron chi connectivity index (χ0n) is 12.5. The monoisotopic (exact) mass is 379 g/mol. The molecule has 1 aliphatic heterocycles. The van der Waals surface area contributed by atoms with Gasteiger partial charge in [-0.25, -0.2) is 15.3 Å². The van der Waals surface area contributed by atoms with E-state index in [2.05, 4.69) is 4.98 Å². The van der Waals surface area contributed by atoms with Gasteiger partial charge in [0.15, 0.2) is 0 Å². The molecule has 0 saturated heterocycles. The Bertz CT molecular complexity index is 854. The number of H-pyrrole nitrogens is 1. The summed E-state index contributed by atoms with van der Waals surface area (Å²) < 4.78 is 51.9. The van der Waals surface area contributed by atoms with Gasteiger partial charge in [0.2, 0.25) is 0 Å². The Hall–Kier alpha value is -1.44. The molecule has 0 radical (unpaired) electrons. The Labute approximate surface area is 143 Å². The SMILES string of the molecule is CC(O)(C[SH]1C=CC(F)=C1)c1cc2cc(Cl)c(C(F)(F)F)cc2[nH]1. The second-order valence-corrected chi connectivity index (χ2v) is 8.18. The number of aromatic amines is 1. The van der Waals surface area contributed by atoms with Crippen molar-refractivity contribution in [3.8, 4) is 0 Å². The van der Waals surface area contributed by atoms with Crippen molar-refractivity contribution in [1.29, 1.82) is 0 Å². The largest absolute Gasteiger partial charge is 0.417 e. The first kappa shape index (κ1) is 17.4. The predicted octanol–water partition coefficient (Wildman–Crippen LogP) is 5.39. The third-order valence-corrected chi connectivity index (χ3v) is 6.20. The molecule has 24 heavy (non-hydrogen) atoms. The van der Waals surface area contributed by atoms with Gasteiger partial charge in [-0.05, 0) is 42.0 Å². The quantitative estimate of drug-likeness (QED) is 0.485. The fourth-order valence-electron chi connectivity index (χ4n) is 2.61. The van der Waals surface area contributed by atoms with Crippen molar-refractivity contribution in [2.24, 2.45) is 0 Å². The zero-order valence-corrected chi connectivity index (χ0v) is 14.1. The summed E-state index contributed by atoms with van der Waals surface area (Å²) >= 11 is 5.71. The Kier molecular flexibility index (Phi) is 4.22. The first-order valence-electron chi connectivity index (χ1n) is 7.00. The summed E-state index contributed by atoms with van der Waals surface area (Å²) in [6, 6.07) is 3.71. The van der Waals surface area contributed by atoms with E-state index in [1.165, 1.54) is 17.6 Å². The topological polar surface area (TPSA) is 36.0 Å². The molecular formula is C16H14ClF4NOS. The van der Waals surface area contributed by atoms with E-state index in [0.717, 1.165) is 6.07 Å². The minimum Gasteiger partial charge on any atom is -0.383 e. The first-order valence-corrected chi connectivity index (χ1v) is 9.04. The van der Waals surface area contributed by atoms with Gasteiger partial charge in [0.1, 0.15) is 11.4 Å². The second-order valence-electron chi connectivity index (χ2n) is 5.88. The van der Waals surface area contributed by atoms with Crippen molar-refractivity contribution in [3.05, 3.63) is 57.2 Å². The van der Waals surface area contributed by atoms with Gasteiger partial charge in [-0.15, -0.1) is 0 Å². The molecule has 1 aromatic heterocycles. The van der Waals surface area contributed by atoms with E-state index < -0.39 is 33.3 Å². The maximum atomic E-state index is 13.1. The highest BCUT2D eigenvalue weighted by Crippen LogP contribution is 2.43. The minimum absolute atomic E-state index is 0.235. The van der Waals surface area contributed by atoms with E-state index in [9.17, 15) is 22.7 Å². The summed E-state index contributed by atoms with van der Waals surface area (Å²) in [5.41, 5.74) is -1.66. The minimum atomic E-state index is -4.56. The first-order chi connectivity index (χ1) is 11.1. The lowest BCUT2D eigenvalue weighted by molar-refractivity contribution is -0.137. The van der Waals surface area contributed by atoms with Crippen molar-refractivity contribution in [2.45, 2.75) is 18.7 Å². The van der Waals surface area contributed by atoms with Crippen molar-refractivity contribution >= 4 is 33.4 Å². The smallest absolute Gasteiger partial charge is 0.383 e. The average Bonchev–Trinajstić information content (AvgIpc) is 3.02. The van der Waals surface area contributed by atoms with E-state index in [4.69, 9.17) is 11.6 Å². The van der Waals surface area contributed by atoms with Gasteiger partial charge in [0, 0.05) is 22.3 Å². The summed E-state index contributed by atoms with van der Waals surface area (Å²) in [4.78, 5) is 2.82. The highest BCUT2D eigenvalue weighted by atomic mass is 35.5. The number of aromatic nitrogens is 1. The Balaban J connectivity index is 1.96. The summed E-state index contributed by atoms with van der Waals surface area (Å²) in [6.45, 7) is 1.55. The maximum absolute atomic E-state index is 13.1. The summed E-state index contributed by atoms with van der Waals surface area (Å²) in [6.07, 6.45) is -3.21. The number of nitrogens with one attached hydrogen (secondary N) is 1. The van der Waals surface area contributed by atoms with Gasteiger partial charge in [-0.2, -0.15) is 13.2 Å². The van der Waals surface area contributed by atoms with Crippen LogP contribution >= 0.6 is 22.5 Å². The Morgan fingerprint density at radius 2 is 1.96 bits per heavy atom. The van der Waals surface area contributed by atoms with Crippen LogP contribution < -0.4 is 0 Å². The normalized spacial score (nSPS) is 22.0. The maximum Gasteiger partial charge on any atom is 0.417 e. The van der Waals surface area contributed by atoms with Gasteiger partial charge in [0.25, 0.3) is 0 Å². The van der Waals surface area contributed by atoms with Crippen LogP contribution in [-0.4, -0.2) is 15.8 Å². The highest BCUT2D eigenvalue weighted by molar-refractivity contribution is 8.22. The molecule has 0 saturated carbocycles. The van der Waals surface area contributed by atoms with Gasteiger partial charge >= 0.3 is 6.18 Å². The Morgan fingerprint density at radius 1 is 1.25 bits per heavy atom. The number of alkyl halides is 3. The summed E-state index contributed by atoms with van der Waals surface area (Å²) in [7, 11) is -0.950. The van der Waals surface area contributed by atoms with Gasteiger partial charge < -0.3 is 10.1 Å². The lowest BCUT2D eigenvalue weighted by Gasteiger charge is -2.25. The third kappa shape index (κ3) is 3.34. The number of hydrogen-bond acceptors (Lipinski definition) is 1. The highest BCUT2D eigenvalue weighted by Gasteiger charge is 2.34. The molecule has 2 atom stereocenters. The second kappa shape index (κ2) is 5.82. The lowest BCUT2D eigenvalue weighted by atomic mass is 10.1. The molecule has 0 fully saturated rings. The standard InChI is InChI=1S/C16H14ClF4NOS/c1-15(23,8-24-3-2-10(18)7-24)14-5-9-4-12(17)11(16(19,20)21)6-13(9)22-14/h2-7,22-24H,8H2,1H3. The van der Waals surface area contributed by atoms with Crippen LogP contribution in [0.5, 0.6) is 0 Å². The van der Waals surface area contributed by atoms with Crippen LogP contribution in [-0.2, 0) is 11.8 Å². The number of rotatable bonds is 3. The van der Waals surface area contributed by atoms with E-state index in [1.54, 1.807) is 18.4 Å². The van der Waals surface area contributed by atoms with Crippen LogP contribution in [0.1, 0.15) is 18.2 Å². The fourth-order valence-corrected chi connectivity index (χ4v) is 4.79. The fraction of sp³-hybridized carbons (Fsp3) is 0.250. The third-order valence-electron chi connectivity index (χ3n) is 3.80. The molecule has 0 spiro atoms. The molecule has 2 unspecified atom stereocenters. The average molecular weight is 380 g/mol. The van der Waals surface area contributed by atoms with Crippen LogP contribution in [0.2, 0.25) is 5.02 Å². The van der Waals surface area contributed by atoms with E-state index in [1.807, 2.05) is 0 Å². The van der Waals surface area contributed by atoms with Gasteiger partial charge in [-0.3, -0.25) is 0 Å². The molecule has 1 aliphatic rings. The molecule has 0 aliphatic carbocycles. The van der Waals surface area contributed by atoms with E-state index in [-0.39, 0.29) is 17.1 Å². The number of hydrogen-bond donors (Lipinski definition) is 3. The van der Waals surface area contributed by atoms with Crippen LogP contribution in [0, 0.1) is 0 Å². The molecule has 2 N–H and O–H groups in total. The summed E-state index contributed by atoms with van der Waals surface area (Å²) in [5.74, 6) is -0.0750. The van der Waals surface area contributed by atoms with Crippen LogP contribution in [0.4, 0.5) is 17.6 Å². The molecule has 2 heterocycles. The van der Waals surface area contributed by atoms with Gasteiger partial charge in [0.05, 0.1) is 10.6 Å². The molecule has 3 rings (SSSR count). The molecule has 130 valence electrons. The van der Waals surface area contributed by atoms with Crippen molar-refractivity contribution in [1.82, 2.24) is 4.98 Å². The predicted molar refractivity (Wildman–Crippen MR) is 90.1 cm³/mol. The number of thiol groups is 1. The van der Waals surface area contributed by atoms with Crippen molar-refractivity contribution in [2.75, 3.05) is 5.75 Å². The van der Waals surface area contributed by atoms with Gasteiger partial charge in [-0.1, -0.05) is 11.6 Å². The number of aliphatic hydroxyl groups is 1. The number of benzene rings is 1.